The van der Waals surface area contributed by atoms with Crippen molar-refractivity contribution in [1.82, 2.24) is 15.5 Å². The summed E-state index contributed by atoms with van der Waals surface area (Å²) in [5.74, 6) is 0.426. The third-order valence-electron chi connectivity index (χ3n) is 4.13. The van der Waals surface area contributed by atoms with Gasteiger partial charge in [0.2, 0.25) is 0 Å². The van der Waals surface area contributed by atoms with Crippen LogP contribution in [0.5, 0.6) is 0 Å². The lowest BCUT2D eigenvalue weighted by Gasteiger charge is -2.30. The molecule has 110 valence electrons. The summed E-state index contributed by atoms with van der Waals surface area (Å²) in [4.78, 5) is 12.4. The van der Waals surface area contributed by atoms with Crippen LogP contribution < -0.4 is 11.1 Å². The van der Waals surface area contributed by atoms with Crippen molar-refractivity contribution in [3.63, 3.8) is 0 Å². The number of hydrogen-bond donors (Lipinski definition) is 2. The van der Waals surface area contributed by atoms with Gasteiger partial charge in [-0.1, -0.05) is 19.3 Å². The van der Waals surface area contributed by atoms with Gasteiger partial charge < -0.3 is 11.1 Å². The number of rotatable bonds is 4. The number of nitrogens with one attached hydrogen (secondary N) is 1. The average molecular weight is 276 g/mol. The van der Waals surface area contributed by atoms with Crippen LogP contribution in [-0.4, -0.2) is 28.7 Å². The molecule has 3 N–H and O–H groups in total. The third kappa shape index (κ3) is 3.54. The van der Waals surface area contributed by atoms with Crippen LogP contribution in [0.1, 0.15) is 53.8 Å². The molecule has 0 bridgehead atoms. The zero-order chi connectivity index (χ0) is 14.5. The highest BCUT2D eigenvalue weighted by Crippen LogP contribution is 2.26. The van der Waals surface area contributed by atoms with E-state index in [4.69, 9.17) is 5.73 Å². The Labute approximate surface area is 120 Å². The number of amides is 1. The van der Waals surface area contributed by atoms with Gasteiger partial charge in [-0.3, -0.25) is 4.79 Å². The van der Waals surface area contributed by atoms with E-state index in [-0.39, 0.29) is 11.9 Å². The lowest BCUT2D eigenvalue weighted by Crippen LogP contribution is -2.46. The van der Waals surface area contributed by atoms with E-state index in [9.17, 15) is 4.79 Å². The molecular formula is C15H24N4O. The highest BCUT2D eigenvalue weighted by Gasteiger charge is 2.25. The Bertz CT molecular complexity index is 469. The fourth-order valence-electron chi connectivity index (χ4n) is 2.93. The molecule has 20 heavy (non-hydrogen) atoms. The molecule has 1 fully saturated rings. The summed E-state index contributed by atoms with van der Waals surface area (Å²) in [5.41, 5.74) is 7.87. The summed E-state index contributed by atoms with van der Waals surface area (Å²) < 4.78 is 0. The number of nitrogens with zero attached hydrogens (tertiary/aromatic N) is 2. The summed E-state index contributed by atoms with van der Waals surface area (Å²) in [7, 11) is 0. The van der Waals surface area contributed by atoms with Crippen LogP contribution in [0.3, 0.4) is 0 Å². The zero-order valence-electron chi connectivity index (χ0n) is 12.4. The molecule has 0 spiro atoms. The maximum atomic E-state index is 12.4. The number of aromatic nitrogens is 2. The number of aryl methyl sites for hydroxylation is 2. The Morgan fingerprint density at radius 3 is 2.70 bits per heavy atom. The fourth-order valence-corrected chi connectivity index (χ4v) is 2.93. The monoisotopic (exact) mass is 276 g/mol. The van der Waals surface area contributed by atoms with Crippen molar-refractivity contribution in [2.75, 3.05) is 6.54 Å². The SMILES string of the molecule is Cc1cc(C(=O)NC(CN)C2CCCCC2)c(C)nn1. The van der Waals surface area contributed by atoms with Crippen LogP contribution >= 0.6 is 0 Å². The van der Waals surface area contributed by atoms with Gasteiger partial charge in [-0.2, -0.15) is 10.2 Å². The normalized spacial score (nSPS) is 17.8. The largest absolute Gasteiger partial charge is 0.348 e. The van der Waals surface area contributed by atoms with Crippen LogP contribution in [0.15, 0.2) is 6.07 Å². The lowest BCUT2D eigenvalue weighted by atomic mass is 9.84. The minimum absolute atomic E-state index is 0.0654. The summed E-state index contributed by atoms with van der Waals surface area (Å²) in [6.07, 6.45) is 6.11. The third-order valence-corrected chi connectivity index (χ3v) is 4.13. The first-order valence-corrected chi connectivity index (χ1v) is 7.43. The second-order valence-electron chi connectivity index (χ2n) is 5.70. The first kappa shape index (κ1) is 14.9. The molecule has 0 saturated heterocycles. The smallest absolute Gasteiger partial charge is 0.253 e. The Balaban J connectivity index is 2.06. The van der Waals surface area contributed by atoms with Gasteiger partial charge in [0.25, 0.3) is 5.91 Å². The standard InChI is InChI=1S/C15H24N4O/c1-10-8-13(11(2)19-18-10)15(20)17-14(9-16)12-6-4-3-5-7-12/h8,12,14H,3-7,9,16H2,1-2H3,(H,17,20). The van der Waals surface area contributed by atoms with Gasteiger partial charge in [0, 0.05) is 12.6 Å². The molecule has 1 aliphatic rings. The molecule has 1 saturated carbocycles. The molecule has 1 amide bonds. The predicted molar refractivity (Wildman–Crippen MR) is 78.4 cm³/mol. The Morgan fingerprint density at radius 1 is 1.35 bits per heavy atom. The molecule has 0 radical (unpaired) electrons. The van der Waals surface area contributed by atoms with Crippen molar-refractivity contribution >= 4 is 5.91 Å². The van der Waals surface area contributed by atoms with E-state index in [2.05, 4.69) is 15.5 Å². The van der Waals surface area contributed by atoms with E-state index in [0.717, 1.165) is 18.5 Å². The van der Waals surface area contributed by atoms with Gasteiger partial charge >= 0.3 is 0 Å². The molecule has 1 aromatic rings. The van der Waals surface area contributed by atoms with Crippen molar-refractivity contribution in [1.29, 1.82) is 0 Å². The maximum absolute atomic E-state index is 12.4. The van der Waals surface area contributed by atoms with Gasteiger partial charge in [0.15, 0.2) is 0 Å². The predicted octanol–water partition coefficient (Wildman–Crippen LogP) is 1.73. The number of carbonyl (C=O) groups excluding carboxylic acids is 1. The van der Waals surface area contributed by atoms with Crippen molar-refractivity contribution in [3.8, 4) is 0 Å². The molecule has 1 atom stereocenters. The Kier molecular flexibility index (Phi) is 5.06. The second-order valence-corrected chi connectivity index (χ2v) is 5.70. The van der Waals surface area contributed by atoms with E-state index in [0.29, 0.717) is 23.7 Å². The van der Waals surface area contributed by atoms with Crippen LogP contribution in [-0.2, 0) is 0 Å². The molecule has 2 rings (SSSR count). The molecule has 5 nitrogen and oxygen atoms in total. The summed E-state index contributed by atoms with van der Waals surface area (Å²) >= 11 is 0. The van der Waals surface area contributed by atoms with Crippen LogP contribution in [0, 0.1) is 19.8 Å². The number of nitrogens with two attached hydrogens (primary N) is 1. The summed E-state index contributed by atoms with van der Waals surface area (Å²) in [6.45, 7) is 4.14. The number of carbonyl (C=O) groups is 1. The van der Waals surface area contributed by atoms with E-state index in [1.165, 1.54) is 19.3 Å². The molecule has 0 aliphatic heterocycles. The minimum Gasteiger partial charge on any atom is -0.348 e. The molecular weight excluding hydrogens is 252 g/mol. The van der Waals surface area contributed by atoms with Gasteiger partial charge in [-0.25, -0.2) is 0 Å². The molecule has 1 aliphatic carbocycles. The van der Waals surface area contributed by atoms with Crippen LogP contribution in [0.25, 0.3) is 0 Å². The van der Waals surface area contributed by atoms with Crippen LogP contribution in [0.4, 0.5) is 0 Å². The molecule has 0 aromatic carbocycles. The molecule has 5 heteroatoms. The Morgan fingerprint density at radius 2 is 2.05 bits per heavy atom. The van der Waals surface area contributed by atoms with Gasteiger partial charge in [0.1, 0.15) is 0 Å². The zero-order valence-corrected chi connectivity index (χ0v) is 12.4. The van der Waals surface area contributed by atoms with Crippen molar-refractivity contribution in [3.05, 3.63) is 23.0 Å². The maximum Gasteiger partial charge on any atom is 0.253 e. The Hall–Kier alpha value is -1.49. The summed E-state index contributed by atoms with van der Waals surface area (Å²) in [6, 6.07) is 1.85. The minimum atomic E-state index is -0.0819. The van der Waals surface area contributed by atoms with E-state index < -0.39 is 0 Å². The fraction of sp³-hybridized carbons (Fsp3) is 0.667. The lowest BCUT2D eigenvalue weighted by molar-refractivity contribution is 0.0914. The molecule has 1 heterocycles. The van der Waals surface area contributed by atoms with Gasteiger partial charge in [-0.05, 0) is 38.7 Å². The van der Waals surface area contributed by atoms with Gasteiger partial charge in [0.05, 0.1) is 17.0 Å². The van der Waals surface area contributed by atoms with Crippen molar-refractivity contribution in [2.45, 2.75) is 52.0 Å². The molecule has 1 unspecified atom stereocenters. The quantitative estimate of drug-likeness (QED) is 0.877. The average Bonchev–Trinajstić information content (AvgIpc) is 2.48. The van der Waals surface area contributed by atoms with Crippen LogP contribution in [0.2, 0.25) is 0 Å². The second kappa shape index (κ2) is 6.79. The number of hydrogen-bond acceptors (Lipinski definition) is 4. The molecule has 1 aromatic heterocycles. The van der Waals surface area contributed by atoms with Crippen molar-refractivity contribution in [2.24, 2.45) is 11.7 Å². The van der Waals surface area contributed by atoms with E-state index >= 15 is 0 Å². The first-order chi connectivity index (χ1) is 9.61. The highest BCUT2D eigenvalue weighted by molar-refractivity contribution is 5.95. The highest BCUT2D eigenvalue weighted by atomic mass is 16.1. The topological polar surface area (TPSA) is 80.9 Å². The van der Waals surface area contributed by atoms with E-state index in [1.807, 2.05) is 6.92 Å². The van der Waals surface area contributed by atoms with Gasteiger partial charge in [-0.15, -0.1) is 0 Å². The first-order valence-electron chi connectivity index (χ1n) is 7.43. The van der Waals surface area contributed by atoms with E-state index in [1.54, 1.807) is 13.0 Å². The summed E-state index contributed by atoms with van der Waals surface area (Å²) in [5, 5.41) is 11.0. The van der Waals surface area contributed by atoms with Crippen molar-refractivity contribution < 1.29 is 4.79 Å².